The van der Waals surface area contributed by atoms with Crippen LogP contribution in [0.15, 0.2) is 60.7 Å². The summed E-state index contributed by atoms with van der Waals surface area (Å²) in [5.41, 5.74) is 2.04. The maximum Gasteiger partial charge on any atom is 0.288 e. The van der Waals surface area contributed by atoms with Gasteiger partial charge in [-0.3, -0.25) is 0 Å². The molecule has 1 aliphatic rings. The van der Waals surface area contributed by atoms with Crippen LogP contribution in [0.3, 0.4) is 0 Å². The molecular formula is C19H24BNO. The van der Waals surface area contributed by atoms with Crippen LogP contribution < -0.4 is 5.32 Å². The standard InChI is InChI=1S/C19H24BNO/c1-20(2)22-19(18-14-9-15-21-18,16-10-5-3-6-11-16)17-12-7-4-8-13-17/h3-8,10-13,18,21H,9,14-15H2,1-2H3/t18-/m0/s1. The summed E-state index contributed by atoms with van der Waals surface area (Å²) in [7, 11) is 0. The second-order valence-corrected chi connectivity index (χ2v) is 6.28. The Morgan fingerprint density at radius 3 is 1.91 bits per heavy atom. The zero-order valence-corrected chi connectivity index (χ0v) is 13.5. The normalized spacial score (nSPS) is 18.4. The van der Waals surface area contributed by atoms with Crippen LogP contribution in [0.4, 0.5) is 0 Å². The highest BCUT2D eigenvalue weighted by Gasteiger charge is 2.44. The van der Waals surface area contributed by atoms with Gasteiger partial charge in [-0.1, -0.05) is 74.3 Å². The van der Waals surface area contributed by atoms with E-state index in [1.54, 1.807) is 0 Å². The van der Waals surface area contributed by atoms with Crippen molar-refractivity contribution in [2.45, 2.75) is 38.1 Å². The quantitative estimate of drug-likeness (QED) is 0.843. The monoisotopic (exact) mass is 293 g/mol. The summed E-state index contributed by atoms with van der Waals surface area (Å²) in [6.07, 6.45) is 2.34. The highest BCUT2D eigenvalue weighted by Crippen LogP contribution is 2.40. The first-order valence-electron chi connectivity index (χ1n) is 8.26. The topological polar surface area (TPSA) is 21.3 Å². The average Bonchev–Trinajstić information content (AvgIpc) is 3.09. The van der Waals surface area contributed by atoms with Gasteiger partial charge in [0.1, 0.15) is 5.60 Å². The third kappa shape index (κ3) is 2.83. The lowest BCUT2D eigenvalue weighted by molar-refractivity contribution is 0.0714. The van der Waals surface area contributed by atoms with Gasteiger partial charge in [0.2, 0.25) is 0 Å². The summed E-state index contributed by atoms with van der Waals surface area (Å²) in [5, 5.41) is 3.67. The first-order chi connectivity index (χ1) is 10.7. The molecule has 2 aromatic carbocycles. The van der Waals surface area contributed by atoms with E-state index in [1.807, 2.05) is 0 Å². The Hall–Kier alpha value is -1.58. The lowest BCUT2D eigenvalue weighted by Gasteiger charge is -2.42. The number of benzene rings is 2. The third-order valence-corrected chi connectivity index (χ3v) is 4.38. The molecule has 0 spiro atoms. The van der Waals surface area contributed by atoms with E-state index in [1.165, 1.54) is 17.5 Å². The van der Waals surface area contributed by atoms with Gasteiger partial charge in [-0.25, -0.2) is 0 Å². The molecule has 0 bridgehead atoms. The zero-order valence-electron chi connectivity index (χ0n) is 13.5. The van der Waals surface area contributed by atoms with E-state index in [0.717, 1.165) is 13.0 Å². The molecule has 2 nitrogen and oxygen atoms in total. The lowest BCUT2D eigenvalue weighted by atomic mass is 9.70. The second-order valence-electron chi connectivity index (χ2n) is 6.28. The van der Waals surface area contributed by atoms with Crippen LogP contribution in [-0.4, -0.2) is 19.5 Å². The van der Waals surface area contributed by atoms with Crippen molar-refractivity contribution in [1.29, 1.82) is 0 Å². The van der Waals surface area contributed by atoms with Gasteiger partial charge < -0.3 is 9.97 Å². The van der Waals surface area contributed by atoms with Gasteiger partial charge in [0.05, 0.1) is 0 Å². The van der Waals surface area contributed by atoms with Crippen molar-refractivity contribution >= 4 is 6.92 Å². The van der Waals surface area contributed by atoms with E-state index in [0.29, 0.717) is 6.04 Å². The van der Waals surface area contributed by atoms with Crippen molar-refractivity contribution in [3.8, 4) is 0 Å². The summed E-state index contributed by atoms with van der Waals surface area (Å²) < 4.78 is 6.63. The summed E-state index contributed by atoms with van der Waals surface area (Å²) in [6.45, 7) is 5.46. The van der Waals surface area contributed by atoms with Gasteiger partial charge >= 0.3 is 0 Å². The minimum atomic E-state index is -0.423. The van der Waals surface area contributed by atoms with Crippen LogP contribution in [-0.2, 0) is 10.3 Å². The van der Waals surface area contributed by atoms with E-state index in [-0.39, 0.29) is 6.92 Å². The van der Waals surface area contributed by atoms with Gasteiger partial charge in [0.25, 0.3) is 6.92 Å². The lowest BCUT2D eigenvalue weighted by Crippen LogP contribution is -2.50. The van der Waals surface area contributed by atoms with Crippen LogP contribution in [0.25, 0.3) is 0 Å². The van der Waals surface area contributed by atoms with Crippen molar-refractivity contribution in [3.63, 3.8) is 0 Å². The molecule has 0 unspecified atom stereocenters. The van der Waals surface area contributed by atoms with E-state index < -0.39 is 5.60 Å². The number of hydrogen-bond acceptors (Lipinski definition) is 2. The molecule has 1 aliphatic heterocycles. The first kappa shape index (κ1) is 15.3. The predicted molar refractivity (Wildman–Crippen MR) is 93.3 cm³/mol. The molecule has 1 fully saturated rings. The smallest absolute Gasteiger partial charge is 0.288 e. The molecule has 1 N–H and O–H groups in total. The molecule has 3 heteroatoms. The molecule has 1 saturated heterocycles. The van der Waals surface area contributed by atoms with Crippen LogP contribution in [0.2, 0.25) is 13.6 Å². The van der Waals surface area contributed by atoms with Gasteiger partial charge in [-0.2, -0.15) is 0 Å². The minimum absolute atomic E-state index is 0.155. The number of nitrogens with one attached hydrogen (secondary N) is 1. The van der Waals surface area contributed by atoms with Crippen LogP contribution in [0.5, 0.6) is 0 Å². The van der Waals surface area contributed by atoms with Gasteiger partial charge in [-0.05, 0) is 30.5 Å². The molecule has 2 aromatic rings. The Morgan fingerprint density at radius 2 is 1.50 bits per heavy atom. The fourth-order valence-corrected chi connectivity index (χ4v) is 3.56. The zero-order chi connectivity index (χ0) is 15.4. The van der Waals surface area contributed by atoms with Gasteiger partial charge in [0, 0.05) is 6.04 Å². The molecule has 3 rings (SSSR count). The van der Waals surface area contributed by atoms with Crippen LogP contribution in [0.1, 0.15) is 24.0 Å². The molecule has 0 aliphatic carbocycles. The van der Waals surface area contributed by atoms with Crippen molar-refractivity contribution < 1.29 is 4.65 Å². The molecule has 22 heavy (non-hydrogen) atoms. The molecule has 0 aromatic heterocycles. The second kappa shape index (κ2) is 6.68. The maximum absolute atomic E-state index is 6.63. The molecule has 0 saturated carbocycles. The molecule has 1 atom stereocenters. The number of rotatable bonds is 5. The molecule has 114 valence electrons. The first-order valence-corrected chi connectivity index (χ1v) is 8.26. The predicted octanol–water partition coefficient (Wildman–Crippen LogP) is 3.95. The average molecular weight is 293 g/mol. The highest BCUT2D eigenvalue weighted by molar-refractivity contribution is 6.48. The largest absolute Gasteiger partial charge is 0.422 e. The van der Waals surface area contributed by atoms with E-state index >= 15 is 0 Å². The third-order valence-electron chi connectivity index (χ3n) is 4.38. The van der Waals surface area contributed by atoms with Crippen LogP contribution >= 0.6 is 0 Å². The van der Waals surface area contributed by atoms with Crippen molar-refractivity contribution in [3.05, 3.63) is 71.8 Å². The molecular weight excluding hydrogens is 269 g/mol. The Bertz CT molecular complexity index is 539. The van der Waals surface area contributed by atoms with E-state index in [2.05, 4.69) is 79.6 Å². The SMILES string of the molecule is CB(C)OC(c1ccccc1)(c1ccccc1)[C@@H]1CCCN1. The van der Waals surface area contributed by atoms with E-state index in [9.17, 15) is 0 Å². The Kier molecular flexibility index (Phi) is 4.65. The van der Waals surface area contributed by atoms with Gasteiger partial charge in [0.15, 0.2) is 0 Å². The molecule has 0 amide bonds. The maximum atomic E-state index is 6.63. The summed E-state index contributed by atoms with van der Waals surface area (Å²) in [5.74, 6) is 0. The minimum Gasteiger partial charge on any atom is -0.422 e. The van der Waals surface area contributed by atoms with Gasteiger partial charge in [-0.15, -0.1) is 0 Å². The number of hydrogen-bond donors (Lipinski definition) is 1. The van der Waals surface area contributed by atoms with Crippen molar-refractivity contribution in [2.24, 2.45) is 0 Å². The fraction of sp³-hybridized carbons (Fsp3) is 0.368. The summed E-state index contributed by atoms with van der Waals surface area (Å²) in [6, 6.07) is 21.6. The van der Waals surface area contributed by atoms with Crippen LogP contribution in [0, 0.1) is 0 Å². The highest BCUT2D eigenvalue weighted by atomic mass is 16.5. The molecule has 1 heterocycles. The summed E-state index contributed by atoms with van der Waals surface area (Å²) >= 11 is 0. The van der Waals surface area contributed by atoms with Crippen molar-refractivity contribution in [1.82, 2.24) is 5.32 Å². The Morgan fingerprint density at radius 1 is 0.955 bits per heavy atom. The molecule has 0 radical (unpaired) electrons. The van der Waals surface area contributed by atoms with Crippen molar-refractivity contribution in [2.75, 3.05) is 6.54 Å². The fourth-order valence-electron chi connectivity index (χ4n) is 3.56. The Balaban J connectivity index is 2.17. The summed E-state index contributed by atoms with van der Waals surface area (Å²) in [4.78, 5) is 0. The van der Waals surface area contributed by atoms with E-state index in [4.69, 9.17) is 4.65 Å². The Labute approximate surface area is 134 Å².